The van der Waals surface area contributed by atoms with Crippen LogP contribution < -0.4 is 5.32 Å². The topological polar surface area (TPSA) is 24.9 Å². The predicted molar refractivity (Wildman–Crippen MR) is 89.9 cm³/mol. The van der Waals surface area contributed by atoms with Gasteiger partial charge in [-0.25, -0.2) is 0 Å². The van der Waals surface area contributed by atoms with E-state index in [-0.39, 0.29) is 6.04 Å². The lowest BCUT2D eigenvalue weighted by molar-refractivity contribution is 0.541. The molecule has 2 nitrogen and oxygen atoms in total. The van der Waals surface area contributed by atoms with E-state index in [1.54, 1.807) is 0 Å². The number of likely N-dealkylation sites (N-methyl/N-ethyl adjacent to an activating group) is 1. The highest BCUT2D eigenvalue weighted by Gasteiger charge is 2.15. The molecule has 0 bridgehead atoms. The fourth-order valence-corrected chi connectivity index (χ4v) is 2.72. The quantitative estimate of drug-likeness (QED) is 0.850. The van der Waals surface area contributed by atoms with Crippen molar-refractivity contribution in [3.05, 3.63) is 63.9 Å². The van der Waals surface area contributed by atoms with Crippen LogP contribution in [-0.4, -0.2) is 11.5 Å². The Hall–Kier alpha value is -1.38. The molecule has 21 heavy (non-hydrogen) atoms. The normalized spacial score (nSPS) is 12.4. The summed E-state index contributed by atoms with van der Waals surface area (Å²) in [6.07, 6.45) is 3.87. The fourth-order valence-electron chi connectivity index (χ4n) is 2.53. The molecule has 0 aliphatic heterocycles. The van der Waals surface area contributed by atoms with Crippen molar-refractivity contribution < 1.29 is 0 Å². The zero-order valence-corrected chi connectivity index (χ0v) is 13.7. The molecule has 0 aliphatic rings. The summed E-state index contributed by atoms with van der Waals surface area (Å²) in [5.41, 5.74) is 4.79. The molecule has 0 amide bonds. The second-order valence-electron chi connectivity index (χ2n) is 5.28. The Kier molecular flexibility index (Phi) is 5.77. The zero-order valence-electron chi connectivity index (χ0n) is 13.0. The summed E-state index contributed by atoms with van der Waals surface area (Å²) in [7, 11) is 0. The highest BCUT2D eigenvalue weighted by Crippen LogP contribution is 2.26. The summed E-state index contributed by atoms with van der Waals surface area (Å²) < 4.78 is 0. The van der Waals surface area contributed by atoms with Crippen molar-refractivity contribution in [1.82, 2.24) is 10.3 Å². The number of rotatable bonds is 6. The summed E-state index contributed by atoms with van der Waals surface area (Å²) in [6, 6.07) is 10.6. The predicted octanol–water partition coefficient (Wildman–Crippen LogP) is 4.50. The van der Waals surface area contributed by atoms with E-state index in [0.29, 0.717) is 0 Å². The third-order valence-electron chi connectivity index (χ3n) is 3.84. The van der Waals surface area contributed by atoms with E-state index >= 15 is 0 Å². The molecular weight excluding hydrogens is 280 g/mol. The van der Waals surface area contributed by atoms with E-state index in [2.05, 4.69) is 49.3 Å². The van der Waals surface area contributed by atoms with Crippen LogP contribution in [0.5, 0.6) is 0 Å². The van der Waals surface area contributed by atoms with Gasteiger partial charge in [-0.2, -0.15) is 0 Å². The van der Waals surface area contributed by atoms with E-state index < -0.39 is 0 Å². The molecule has 0 saturated heterocycles. The fraction of sp³-hybridized carbons (Fsp3) is 0.389. The molecule has 2 rings (SSSR count). The first-order valence-electron chi connectivity index (χ1n) is 7.57. The van der Waals surface area contributed by atoms with Crippen LogP contribution >= 0.6 is 11.6 Å². The van der Waals surface area contributed by atoms with Crippen LogP contribution in [0.1, 0.15) is 42.3 Å². The molecule has 0 fully saturated rings. The summed E-state index contributed by atoms with van der Waals surface area (Å²) >= 11 is 6.26. The van der Waals surface area contributed by atoms with Gasteiger partial charge in [0.2, 0.25) is 0 Å². The molecule has 1 N–H and O–H groups in total. The second-order valence-corrected chi connectivity index (χ2v) is 5.69. The van der Waals surface area contributed by atoms with Gasteiger partial charge in [-0.3, -0.25) is 4.98 Å². The molecule has 2 aromatic rings. The minimum absolute atomic E-state index is 0.244. The molecule has 1 aromatic carbocycles. The first-order chi connectivity index (χ1) is 10.2. The van der Waals surface area contributed by atoms with Crippen molar-refractivity contribution in [3.8, 4) is 0 Å². The van der Waals surface area contributed by atoms with Crippen LogP contribution in [0.4, 0.5) is 0 Å². The lowest BCUT2D eigenvalue weighted by Gasteiger charge is -2.21. The highest BCUT2D eigenvalue weighted by atomic mass is 35.5. The smallest absolute Gasteiger partial charge is 0.0438 e. The molecule has 1 heterocycles. The van der Waals surface area contributed by atoms with Gasteiger partial charge in [0, 0.05) is 29.4 Å². The lowest BCUT2D eigenvalue weighted by Crippen LogP contribution is -2.24. The SMILES string of the molecule is CCNC(Cc1ccc(CC)cn1)c1cccc(Cl)c1C. The van der Waals surface area contributed by atoms with Gasteiger partial charge in [-0.05, 0) is 48.7 Å². The van der Waals surface area contributed by atoms with Gasteiger partial charge < -0.3 is 5.32 Å². The minimum atomic E-state index is 0.244. The Labute approximate surface area is 132 Å². The Balaban J connectivity index is 2.24. The minimum Gasteiger partial charge on any atom is -0.310 e. The van der Waals surface area contributed by atoms with Gasteiger partial charge >= 0.3 is 0 Å². The van der Waals surface area contributed by atoms with Crippen LogP contribution in [0, 0.1) is 6.92 Å². The van der Waals surface area contributed by atoms with Crippen LogP contribution in [0.3, 0.4) is 0 Å². The van der Waals surface area contributed by atoms with E-state index in [1.807, 2.05) is 18.3 Å². The van der Waals surface area contributed by atoms with Crippen molar-refractivity contribution in [3.63, 3.8) is 0 Å². The number of benzene rings is 1. The molecule has 0 saturated carbocycles. The van der Waals surface area contributed by atoms with Crippen molar-refractivity contribution >= 4 is 11.6 Å². The standard InChI is InChI=1S/C18H23ClN2/c1-4-14-9-10-15(21-12-14)11-18(20-5-2)16-7-6-8-17(19)13(16)3/h6-10,12,18,20H,4-5,11H2,1-3H3. The Morgan fingerprint density at radius 3 is 2.62 bits per heavy atom. The molecule has 3 heteroatoms. The molecule has 1 atom stereocenters. The number of nitrogens with one attached hydrogen (secondary N) is 1. The molecule has 0 spiro atoms. The summed E-state index contributed by atoms with van der Waals surface area (Å²) in [6.45, 7) is 7.27. The lowest BCUT2D eigenvalue weighted by atomic mass is 9.97. The van der Waals surface area contributed by atoms with E-state index in [9.17, 15) is 0 Å². The van der Waals surface area contributed by atoms with Gasteiger partial charge in [0.25, 0.3) is 0 Å². The average Bonchev–Trinajstić information content (AvgIpc) is 2.50. The van der Waals surface area contributed by atoms with Crippen LogP contribution in [0.25, 0.3) is 0 Å². The number of nitrogens with zero attached hydrogens (tertiary/aromatic N) is 1. The van der Waals surface area contributed by atoms with Crippen molar-refractivity contribution in [2.75, 3.05) is 6.54 Å². The first-order valence-corrected chi connectivity index (χ1v) is 7.95. The molecule has 112 valence electrons. The van der Waals surface area contributed by atoms with Gasteiger partial charge in [0.05, 0.1) is 0 Å². The van der Waals surface area contributed by atoms with Crippen molar-refractivity contribution in [2.24, 2.45) is 0 Å². The number of halogens is 1. The Bertz CT molecular complexity index is 578. The summed E-state index contributed by atoms with van der Waals surface area (Å²) in [5, 5.41) is 4.37. The van der Waals surface area contributed by atoms with Crippen LogP contribution in [0.2, 0.25) is 5.02 Å². The largest absolute Gasteiger partial charge is 0.310 e. The number of pyridine rings is 1. The van der Waals surface area contributed by atoms with Gasteiger partial charge in [-0.15, -0.1) is 0 Å². The molecular formula is C18H23ClN2. The summed E-state index contributed by atoms with van der Waals surface area (Å²) in [4.78, 5) is 4.58. The van der Waals surface area contributed by atoms with Gasteiger partial charge in [0.1, 0.15) is 0 Å². The highest BCUT2D eigenvalue weighted by molar-refractivity contribution is 6.31. The maximum atomic E-state index is 6.26. The van der Waals surface area contributed by atoms with E-state index in [0.717, 1.165) is 35.7 Å². The average molecular weight is 303 g/mol. The molecule has 1 aromatic heterocycles. The van der Waals surface area contributed by atoms with E-state index in [4.69, 9.17) is 11.6 Å². The molecule has 1 unspecified atom stereocenters. The zero-order chi connectivity index (χ0) is 15.2. The maximum absolute atomic E-state index is 6.26. The van der Waals surface area contributed by atoms with Gasteiger partial charge in [-0.1, -0.05) is 43.6 Å². The Morgan fingerprint density at radius 2 is 2.00 bits per heavy atom. The van der Waals surface area contributed by atoms with Crippen LogP contribution in [-0.2, 0) is 12.8 Å². The van der Waals surface area contributed by atoms with Crippen LogP contribution in [0.15, 0.2) is 36.5 Å². The third-order valence-corrected chi connectivity index (χ3v) is 4.25. The van der Waals surface area contributed by atoms with Gasteiger partial charge in [0.15, 0.2) is 0 Å². The number of aryl methyl sites for hydroxylation is 1. The number of aromatic nitrogens is 1. The number of hydrogen-bond donors (Lipinski definition) is 1. The van der Waals surface area contributed by atoms with Crippen molar-refractivity contribution in [2.45, 2.75) is 39.7 Å². The number of hydrogen-bond acceptors (Lipinski definition) is 2. The van der Waals surface area contributed by atoms with Crippen molar-refractivity contribution in [1.29, 1.82) is 0 Å². The second kappa shape index (κ2) is 7.58. The third kappa shape index (κ3) is 4.05. The maximum Gasteiger partial charge on any atom is 0.0438 e. The first kappa shape index (κ1) is 16.0. The summed E-state index contributed by atoms with van der Waals surface area (Å²) in [5.74, 6) is 0. The molecule has 0 radical (unpaired) electrons. The molecule has 0 aliphatic carbocycles. The Morgan fingerprint density at radius 1 is 1.19 bits per heavy atom. The van der Waals surface area contributed by atoms with E-state index in [1.165, 1.54) is 11.1 Å². The monoisotopic (exact) mass is 302 g/mol.